The molecule has 4 heterocycles. The quantitative estimate of drug-likeness (QED) is 0.418. The zero-order valence-corrected chi connectivity index (χ0v) is 23.9. The summed E-state index contributed by atoms with van der Waals surface area (Å²) >= 11 is 1.31. The Bertz CT molecular complexity index is 1370. The Labute approximate surface area is 236 Å². The number of aliphatic hydroxyl groups excluding tert-OH is 1. The van der Waals surface area contributed by atoms with Gasteiger partial charge in [-0.25, -0.2) is 9.07 Å². The number of hydrogen-bond donors (Lipinski definition) is 1. The largest absolute Gasteiger partial charge is 0.496 e. The molecule has 2 aliphatic rings. The minimum Gasteiger partial charge on any atom is -0.496 e. The number of benzene rings is 1. The van der Waals surface area contributed by atoms with Gasteiger partial charge in [-0.05, 0) is 57.9 Å². The summed E-state index contributed by atoms with van der Waals surface area (Å²) in [5.41, 5.74) is 1.56. The molecule has 3 aromatic rings. The second-order valence-corrected chi connectivity index (χ2v) is 11.2. The van der Waals surface area contributed by atoms with Gasteiger partial charge in [0.25, 0.3) is 5.91 Å². The number of likely N-dealkylation sites (tertiary alicyclic amines) is 1. The van der Waals surface area contributed by atoms with Crippen molar-refractivity contribution in [1.29, 1.82) is 0 Å². The van der Waals surface area contributed by atoms with Crippen molar-refractivity contribution in [3.63, 3.8) is 0 Å². The van der Waals surface area contributed by atoms with Crippen molar-refractivity contribution in [3.8, 4) is 10.8 Å². The molecule has 5 rings (SSSR count). The molecule has 12 heteroatoms. The van der Waals surface area contributed by atoms with Crippen molar-refractivity contribution in [2.45, 2.75) is 52.2 Å². The van der Waals surface area contributed by atoms with Crippen LogP contribution in [-0.2, 0) is 9.53 Å². The Morgan fingerprint density at radius 3 is 2.62 bits per heavy atom. The van der Waals surface area contributed by atoms with Crippen LogP contribution < -0.4 is 9.64 Å². The first-order chi connectivity index (χ1) is 19.2. The smallest absolute Gasteiger partial charge is 0.261 e. The van der Waals surface area contributed by atoms with E-state index >= 15 is 0 Å². The maximum Gasteiger partial charge on any atom is 0.261 e. The molecule has 214 valence electrons. The number of amides is 2. The third-order valence-corrected chi connectivity index (χ3v) is 8.53. The summed E-state index contributed by atoms with van der Waals surface area (Å²) in [4.78, 5) is 31.5. The highest BCUT2D eigenvalue weighted by Crippen LogP contribution is 2.44. The van der Waals surface area contributed by atoms with Crippen LogP contribution in [0.3, 0.4) is 0 Å². The van der Waals surface area contributed by atoms with Gasteiger partial charge in [0.1, 0.15) is 34.2 Å². The van der Waals surface area contributed by atoms with E-state index in [9.17, 15) is 19.1 Å². The molecule has 0 radical (unpaired) electrons. The van der Waals surface area contributed by atoms with Crippen molar-refractivity contribution in [2.24, 2.45) is 0 Å². The van der Waals surface area contributed by atoms with Crippen molar-refractivity contribution >= 4 is 28.2 Å². The summed E-state index contributed by atoms with van der Waals surface area (Å²) in [6, 6.07) is 6.00. The first kappa shape index (κ1) is 28.1. The van der Waals surface area contributed by atoms with Crippen LogP contribution in [0.4, 0.5) is 9.39 Å². The summed E-state index contributed by atoms with van der Waals surface area (Å²) < 4.78 is 27.9. The van der Waals surface area contributed by atoms with Crippen LogP contribution in [-0.4, -0.2) is 82.2 Å². The van der Waals surface area contributed by atoms with Crippen LogP contribution in [0.2, 0.25) is 0 Å². The molecule has 1 aromatic carbocycles. The fourth-order valence-corrected chi connectivity index (χ4v) is 6.56. The van der Waals surface area contributed by atoms with Gasteiger partial charge in [0.05, 0.1) is 25.3 Å². The van der Waals surface area contributed by atoms with Gasteiger partial charge in [-0.3, -0.25) is 14.5 Å². The summed E-state index contributed by atoms with van der Waals surface area (Å²) in [6.45, 7) is 6.64. The van der Waals surface area contributed by atoms with Crippen LogP contribution in [0, 0.1) is 12.7 Å². The SMILES string of the molecule is COc1ccc(F)cc1[C@H](CN1c2sc(-n3cccn3)c(C)c2C(=O)N(CC(=O)N2CCCC2)C1O)OC(C)C. The summed E-state index contributed by atoms with van der Waals surface area (Å²) in [5.74, 6) is -0.650. The molecule has 1 fully saturated rings. The minimum absolute atomic E-state index is 0.0619. The van der Waals surface area contributed by atoms with E-state index in [1.165, 1.54) is 41.5 Å². The zero-order valence-electron chi connectivity index (χ0n) is 23.0. The van der Waals surface area contributed by atoms with Gasteiger partial charge in [0, 0.05) is 36.6 Å². The number of carbonyl (C=O) groups excluding carboxylic acids is 2. The molecule has 0 aliphatic carbocycles. The number of hydrogen-bond acceptors (Lipinski definition) is 8. The Hall–Kier alpha value is -3.48. The van der Waals surface area contributed by atoms with E-state index in [2.05, 4.69) is 5.10 Å². The minimum atomic E-state index is -1.45. The Balaban J connectivity index is 1.58. The molecule has 2 aromatic heterocycles. The van der Waals surface area contributed by atoms with Gasteiger partial charge in [0.15, 0.2) is 0 Å². The number of halogens is 1. The maximum absolute atomic E-state index is 14.4. The number of fused-ring (bicyclic) bond motifs is 1. The highest BCUT2D eigenvalue weighted by molar-refractivity contribution is 7.19. The lowest BCUT2D eigenvalue weighted by atomic mass is 10.0. The molecule has 0 bridgehead atoms. The van der Waals surface area contributed by atoms with Gasteiger partial charge in [-0.2, -0.15) is 5.10 Å². The Kier molecular flexibility index (Phi) is 8.11. The average molecular weight is 572 g/mol. The standard InChI is InChI=1S/C28H34FN5O5S/c1-17(2)39-22(20-14-19(29)8-9-21(20)38-4)15-33-27-24(18(3)26(40-27)34-13-7-10-30-34)25(36)32(28(33)37)16-23(35)31-11-5-6-12-31/h7-10,13-14,17,22,28,37H,5-6,11-12,15-16H2,1-4H3/t22-,28?/m0/s1. The summed E-state index contributed by atoms with van der Waals surface area (Å²) in [5, 5.41) is 17.2. The second-order valence-electron chi connectivity index (χ2n) is 10.2. The highest BCUT2D eigenvalue weighted by atomic mass is 32.1. The lowest BCUT2D eigenvalue weighted by molar-refractivity contribution is -0.133. The van der Waals surface area contributed by atoms with Gasteiger partial charge in [-0.15, -0.1) is 0 Å². The Morgan fingerprint density at radius 1 is 1.23 bits per heavy atom. The van der Waals surface area contributed by atoms with E-state index in [0.29, 0.717) is 40.5 Å². The number of nitrogens with zero attached hydrogens (tertiary/aromatic N) is 5. The van der Waals surface area contributed by atoms with E-state index in [1.807, 2.05) is 20.8 Å². The van der Waals surface area contributed by atoms with Gasteiger partial charge < -0.3 is 24.4 Å². The van der Waals surface area contributed by atoms with Crippen LogP contribution in [0.25, 0.3) is 5.00 Å². The number of aliphatic hydroxyl groups is 1. The molecule has 40 heavy (non-hydrogen) atoms. The third-order valence-electron chi connectivity index (χ3n) is 7.21. The Morgan fingerprint density at radius 2 is 1.98 bits per heavy atom. The lowest BCUT2D eigenvalue weighted by Crippen LogP contribution is -2.58. The molecule has 1 unspecified atom stereocenters. The van der Waals surface area contributed by atoms with Crippen LogP contribution >= 0.6 is 11.3 Å². The molecular weight excluding hydrogens is 537 g/mol. The highest BCUT2D eigenvalue weighted by Gasteiger charge is 2.43. The molecule has 0 spiro atoms. The van der Waals surface area contributed by atoms with Crippen molar-refractivity contribution in [1.82, 2.24) is 19.6 Å². The number of rotatable bonds is 9. The second kappa shape index (κ2) is 11.6. The molecule has 2 amide bonds. The number of thiophene rings is 1. The maximum atomic E-state index is 14.4. The van der Waals surface area contributed by atoms with Crippen LogP contribution in [0.15, 0.2) is 36.7 Å². The molecule has 2 aliphatic heterocycles. The number of ether oxygens (including phenoxy) is 2. The van der Waals surface area contributed by atoms with Crippen molar-refractivity contribution < 1.29 is 28.6 Å². The number of carbonyl (C=O) groups is 2. The van der Waals surface area contributed by atoms with E-state index in [1.54, 1.807) is 32.9 Å². The topological polar surface area (TPSA) is 100 Å². The van der Waals surface area contributed by atoms with Crippen molar-refractivity contribution in [2.75, 3.05) is 38.2 Å². The molecule has 0 saturated carbocycles. The fraction of sp³-hybridized carbons (Fsp3) is 0.464. The van der Waals surface area contributed by atoms with Crippen LogP contribution in [0.1, 0.15) is 54.3 Å². The van der Waals surface area contributed by atoms with Crippen molar-refractivity contribution in [3.05, 3.63) is 59.2 Å². The number of anilines is 1. The first-order valence-corrected chi connectivity index (χ1v) is 14.2. The van der Waals surface area contributed by atoms with E-state index in [-0.39, 0.29) is 25.1 Å². The monoisotopic (exact) mass is 571 g/mol. The van der Waals surface area contributed by atoms with E-state index < -0.39 is 24.2 Å². The predicted octanol–water partition coefficient (Wildman–Crippen LogP) is 3.72. The fourth-order valence-electron chi connectivity index (χ4n) is 5.29. The molecule has 10 nitrogen and oxygen atoms in total. The van der Waals surface area contributed by atoms with E-state index in [4.69, 9.17) is 9.47 Å². The normalized spacial score (nSPS) is 18.0. The van der Waals surface area contributed by atoms with E-state index in [0.717, 1.165) is 17.8 Å². The van der Waals surface area contributed by atoms with Gasteiger partial charge in [0.2, 0.25) is 12.3 Å². The summed E-state index contributed by atoms with van der Waals surface area (Å²) in [7, 11) is 1.50. The molecule has 1 N–H and O–H groups in total. The lowest BCUT2D eigenvalue weighted by Gasteiger charge is -2.42. The third kappa shape index (κ3) is 5.30. The molecule has 1 saturated heterocycles. The number of methoxy groups -OCH3 is 1. The summed E-state index contributed by atoms with van der Waals surface area (Å²) in [6.07, 6.45) is 2.85. The number of aromatic nitrogens is 2. The average Bonchev–Trinajstić information content (AvgIpc) is 3.70. The zero-order chi connectivity index (χ0) is 28.6. The molecular formula is C28H34FN5O5S. The first-order valence-electron chi connectivity index (χ1n) is 13.3. The van der Waals surface area contributed by atoms with Gasteiger partial charge >= 0.3 is 0 Å². The predicted molar refractivity (Wildman–Crippen MR) is 148 cm³/mol. The van der Waals surface area contributed by atoms with Crippen LogP contribution in [0.5, 0.6) is 5.75 Å². The molecule has 2 atom stereocenters. The van der Waals surface area contributed by atoms with Gasteiger partial charge in [-0.1, -0.05) is 11.3 Å².